The Morgan fingerprint density at radius 3 is 2.67 bits per heavy atom. The number of carbonyl (C=O) groups is 1. The minimum atomic E-state index is -1.19. The molecule has 0 radical (unpaired) electrons. The second-order valence-electron chi connectivity index (χ2n) is 6.10. The Morgan fingerprint density at radius 1 is 1.33 bits per heavy atom. The van der Waals surface area contributed by atoms with Crippen molar-refractivity contribution in [1.29, 1.82) is 0 Å². The highest BCUT2D eigenvalue weighted by Crippen LogP contribution is 2.38. The molecule has 4 nitrogen and oxygen atoms in total. The molecule has 0 aromatic carbocycles. The summed E-state index contributed by atoms with van der Waals surface area (Å²) in [5, 5.41) is 9.12. The van der Waals surface area contributed by atoms with Crippen LogP contribution >= 0.6 is 0 Å². The zero-order valence-electron chi connectivity index (χ0n) is 12.8. The maximum absolute atomic E-state index is 11.6. The number of aromatic nitrogens is 1. The average Bonchev–Trinajstić information content (AvgIpc) is 2.50. The van der Waals surface area contributed by atoms with Gasteiger partial charge < -0.3 is 5.11 Å². The van der Waals surface area contributed by atoms with Crippen LogP contribution in [0.1, 0.15) is 69.8 Å². The molecule has 2 rings (SSSR count). The summed E-state index contributed by atoms with van der Waals surface area (Å²) in [7, 11) is 0. The summed E-state index contributed by atoms with van der Waals surface area (Å²) in [5.41, 5.74) is 0.543. The Bertz CT molecular complexity index is 529. The predicted octanol–water partition coefficient (Wildman–Crippen LogP) is 4.23. The molecule has 116 valence electrons. The number of pyridine rings is 1. The van der Waals surface area contributed by atoms with Crippen molar-refractivity contribution in [2.45, 2.75) is 64.2 Å². The number of rotatable bonds is 5. The third-order valence-electron chi connectivity index (χ3n) is 4.66. The van der Waals surface area contributed by atoms with E-state index in [4.69, 9.17) is 5.11 Å². The summed E-state index contributed by atoms with van der Waals surface area (Å²) in [4.78, 5) is 22.8. The van der Waals surface area contributed by atoms with Gasteiger partial charge in [0.15, 0.2) is 0 Å². The molecule has 1 aliphatic carbocycles. The van der Waals surface area contributed by atoms with Crippen molar-refractivity contribution in [2.75, 3.05) is 0 Å². The van der Waals surface area contributed by atoms with Gasteiger partial charge in [-0.15, -0.1) is 0 Å². The molecular formula is C17H25NO3. The molecule has 1 aliphatic rings. The van der Waals surface area contributed by atoms with Crippen LogP contribution in [0.25, 0.3) is 0 Å². The van der Waals surface area contributed by atoms with Gasteiger partial charge in [0.25, 0.3) is 5.56 Å². The average molecular weight is 291 g/mol. The van der Waals surface area contributed by atoms with Gasteiger partial charge >= 0.3 is 6.09 Å². The van der Waals surface area contributed by atoms with Crippen molar-refractivity contribution in [3.63, 3.8) is 0 Å². The first-order valence-electron chi connectivity index (χ1n) is 8.09. The Kier molecular flexibility index (Phi) is 5.59. The molecule has 1 saturated carbocycles. The lowest BCUT2D eigenvalue weighted by atomic mass is 9.75. The van der Waals surface area contributed by atoms with E-state index in [2.05, 4.69) is 6.92 Å². The molecule has 1 fully saturated rings. The fourth-order valence-corrected chi connectivity index (χ4v) is 3.51. The molecule has 4 heteroatoms. The zero-order chi connectivity index (χ0) is 15.2. The van der Waals surface area contributed by atoms with Gasteiger partial charge in [0.1, 0.15) is 0 Å². The highest BCUT2D eigenvalue weighted by molar-refractivity contribution is 5.67. The second-order valence-corrected chi connectivity index (χ2v) is 6.10. The van der Waals surface area contributed by atoms with Crippen molar-refractivity contribution < 1.29 is 9.90 Å². The molecule has 0 amide bonds. The first-order valence-corrected chi connectivity index (χ1v) is 8.09. The summed E-state index contributed by atoms with van der Waals surface area (Å²) in [6, 6.07) is 3.22. The minimum absolute atomic E-state index is 0.386. The van der Waals surface area contributed by atoms with Crippen molar-refractivity contribution >= 4 is 6.09 Å². The third-order valence-corrected chi connectivity index (χ3v) is 4.66. The van der Waals surface area contributed by atoms with Crippen LogP contribution in [-0.2, 0) is 0 Å². The number of hydrogen-bond donors (Lipinski definition) is 1. The Balaban J connectivity index is 2.28. The fourth-order valence-electron chi connectivity index (χ4n) is 3.51. The summed E-state index contributed by atoms with van der Waals surface area (Å²) in [6.45, 7) is 2.18. The number of hydrogen-bond acceptors (Lipinski definition) is 2. The van der Waals surface area contributed by atoms with Gasteiger partial charge in [-0.3, -0.25) is 4.79 Å². The predicted molar refractivity (Wildman–Crippen MR) is 83.0 cm³/mol. The molecule has 1 unspecified atom stereocenters. The normalized spacial score (nSPS) is 17.6. The summed E-state index contributed by atoms with van der Waals surface area (Å²) < 4.78 is 0.817. The number of nitrogens with zero attached hydrogens (tertiary/aromatic N) is 1. The molecule has 0 bridgehead atoms. The van der Waals surface area contributed by atoms with Gasteiger partial charge in [-0.25, -0.2) is 9.36 Å². The second kappa shape index (κ2) is 7.43. The van der Waals surface area contributed by atoms with Crippen molar-refractivity contribution in [1.82, 2.24) is 4.57 Å². The summed E-state index contributed by atoms with van der Waals surface area (Å²) in [6.07, 6.45) is 10.0. The highest BCUT2D eigenvalue weighted by atomic mass is 16.4. The van der Waals surface area contributed by atoms with E-state index in [1.807, 2.05) is 6.07 Å². The van der Waals surface area contributed by atoms with Crippen molar-refractivity contribution in [3.05, 3.63) is 34.2 Å². The van der Waals surface area contributed by atoms with E-state index >= 15 is 0 Å². The van der Waals surface area contributed by atoms with E-state index in [0.717, 1.165) is 29.4 Å². The Labute approximate surface area is 125 Å². The lowest BCUT2D eigenvalue weighted by Gasteiger charge is -2.31. The Hall–Kier alpha value is -1.58. The van der Waals surface area contributed by atoms with Gasteiger partial charge in [-0.2, -0.15) is 0 Å². The van der Waals surface area contributed by atoms with E-state index < -0.39 is 11.7 Å². The van der Waals surface area contributed by atoms with Crippen LogP contribution in [0.5, 0.6) is 0 Å². The summed E-state index contributed by atoms with van der Waals surface area (Å²) >= 11 is 0. The zero-order valence-corrected chi connectivity index (χ0v) is 12.8. The van der Waals surface area contributed by atoms with Crippen LogP contribution < -0.4 is 5.56 Å². The molecule has 1 N–H and O–H groups in total. The van der Waals surface area contributed by atoms with Gasteiger partial charge in [0, 0.05) is 12.3 Å². The molecule has 1 aromatic rings. The van der Waals surface area contributed by atoms with Gasteiger partial charge in [-0.05, 0) is 36.7 Å². The van der Waals surface area contributed by atoms with Gasteiger partial charge in [0.2, 0.25) is 0 Å². The monoisotopic (exact) mass is 291 g/mol. The van der Waals surface area contributed by atoms with E-state index in [0.29, 0.717) is 11.8 Å². The number of unbranched alkanes of at least 4 members (excludes halogenated alkanes) is 1. The maximum Gasteiger partial charge on any atom is 0.418 e. The van der Waals surface area contributed by atoms with E-state index in [1.165, 1.54) is 38.2 Å². The third kappa shape index (κ3) is 3.96. The quantitative estimate of drug-likeness (QED) is 0.883. The molecular weight excluding hydrogens is 266 g/mol. The van der Waals surface area contributed by atoms with Crippen LogP contribution in [0.2, 0.25) is 0 Å². The summed E-state index contributed by atoms with van der Waals surface area (Å²) in [5.74, 6) is 1.02. The van der Waals surface area contributed by atoms with Crippen LogP contribution in [0.3, 0.4) is 0 Å². The first-order chi connectivity index (χ1) is 10.1. The SMILES string of the molecule is CCCCC(c1ccc(=O)n(C(=O)O)c1)C1CCCCC1. The lowest BCUT2D eigenvalue weighted by Crippen LogP contribution is -2.26. The highest BCUT2D eigenvalue weighted by Gasteiger charge is 2.25. The fraction of sp³-hybridized carbons (Fsp3) is 0.647. The number of carboxylic acid groups (broad SMARTS) is 1. The smallest absolute Gasteiger partial charge is 0.418 e. The molecule has 1 heterocycles. The van der Waals surface area contributed by atoms with E-state index in [-0.39, 0.29) is 0 Å². The Morgan fingerprint density at radius 2 is 2.05 bits per heavy atom. The lowest BCUT2D eigenvalue weighted by molar-refractivity contribution is 0.195. The van der Waals surface area contributed by atoms with Crippen molar-refractivity contribution in [3.8, 4) is 0 Å². The first kappa shape index (κ1) is 15.8. The van der Waals surface area contributed by atoms with E-state index in [1.54, 1.807) is 6.20 Å². The minimum Gasteiger partial charge on any atom is -0.464 e. The molecule has 1 atom stereocenters. The molecule has 1 aromatic heterocycles. The molecule has 21 heavy (non-hydrogen) atoms. The van der Waals surface area contributed by atoms with Crippen LogP contribution in [0.15, 0.2) is 23.1 Å². The van der Waals surface area contributed by atoms with Crippen LogP contribution in [-0.4, -0.2) is 15.8 Å². The van der Waals surface area contributed by atoms with Crippen LogP contribution in [0, 0.1) is 5.92 Å². The largest absolute Gasteiger partial charge is 0.464 e. The molecule has 0 spiro atoms. The van der Waals surface area contributed by atoms with Crippen molar-refractivity contribution in [2.24, 2.45) is 5.92 Å². The topological polar surface area (TPSA) is 59.3 Å². The molecule has 0 saturated heterocycles. The van der Waals surface area contributed by atoms with E-state index in [9.17, 15) is 9.59 Å². The van der Waals surface area contributed by atoms with Gasteiger partial charge in [0.05, 0.1) is 0 Å². The van der Waals surface area contributed by atoms with Gasteiger partial charge in [-0.1, -0.05) is 45.1 Å². The standard InChI is InChI=1S/C17H25NO3/c1-2-3-9-15(13-7-5-4-6-8-13)14-10-11-16(19)18(12-14)17(20)21/h10-13,15H,2-9H2,1H3,(H,20,21). The maximum atomic E-state index is 11.6. The molecule has 0 aliphatic heterocycles. The van der Waals surface area contributed by atoms with Crippen LogP contribution in [0.4, 0.5) is 4.79 Å².